The predicted octanol–water partition coefficient (Wildman–Crippen LogP) is 4.38. The summed E-state index contributed by atoms with van der Waals surface area (Å²) in [5.41, 5.74) is 1.08. The van der Waals surface area contributed by atoms with E-state index in [9.17, 15) is 0 Å². The lowest BCUT2D eigenvalue weighted by Gasteiger charge is -2.28. The van der Waals surface area contributed by atoms with Crippen LogP contribution in [0.5, 0.6) is 0 Å². The van der Waals surface area contributed by atoms with Gasteiger partial charge in [0.05, 0.1) is 5.25 Å². The van der Waals surface area contributed by atoms with Crippen LogP contribution in [0.4, 0.5) is 0 Å². The normalized spacial score (nSPS) is 24.2. The summed E-state index contributed by atoms with van der Waals surface area (Å²) in [5, 5.41) is 1.62. The van der Waals surface area contributed by atoms with E-state index in [1.54, 1.807) is 0 Å². The van der Waals surface area contributed by atoms with E-state index in [0.717, 1.165) is 24.4 Å². The molecule has 0 spiro atoms. The molecule has 5 heteroatoms. The highest BCUT2D eigenvalue weighted by atomic mass is 35.5. The van der Waals surface area contributed by atoms with Crippen LogP contribution in [0.1, 0.15) is 43.5 Å². The highest BCUT2D eigenvalue weighted by Gasteiger charge is 2.29. The first-order valence-corrected chi connectivity index (χ1v) is 8.98. The van der Waals surface area contributed by atoms with Gasteiger partial charge in [0.1, 0.15) is 11.0 Å². The summed E-state index contributed by atoms with van der Waals surface area (Å²) in [6.07, 6.45) is 3.24. The van der Waals surface area contributed by atoms with E-state index in [1.165, 1.54) is 17.9 Å². The van der Waals surface area contributed by atoms with Crippen molar-refractivity contribution < 1.29 is 0 Å². The maximum Gasteiger partial charge on any atom is 0.144 e. The van der Waals surface area contributed by atoms with Crippen molar-refractivity contribution in [1.82, 2.24) is 9.97 Å². The SMILES string of the molecule is CCCc1cc(Cl)nc(C2SCCSC2CC)n1. The monoisotopic (exact) mass is 302 g/mol. The van der Waals surface area contributed by atoms with Crippen LogP contribution in [-0.4, -0.2) is 26.7 Å². The van der Waals surface area contributed by atoms with Gasteiger partial charge in [-0.15, -0.1) is 11.8 Å². The van der Waals surface area contributed by atoms with Crippen molar-refractivity contribution in [2.75, 3.05) is 11.5 Å². The lowest BCUT2D eigenvalue weighted by atomic mass is 10.2. The first-order valence-electron chi connectivity index (χ1n) is 6.51. The van der Waals surface area contributed by atoms with E-state index in [0.29, 0.717) is 15.7 Å². The molecule has 0 radical (unpaired) electrons. The fraction of sp³-hybridized carbons (Fsp3) is 0.692. The van der Waals surface area contributed by atoms with Crippen LogP contribution in [0.3, 0.4) is 0 Å². The van der Waals surface area contributed by atoms with Crippen LogP contribution < -0.4 is 0 Å². The lowest BCUT2D eigenvalue weighted by molar-refractivity contribution is 0.735. The minimum atomic E-state index is 0.406. The van der Waals surface area contributed by atoms with Gasteiger partial charge in [0.2, 0.25) is 0 Å². The van der Waals surface area contributed by atoms with Gasteiger partial charge in [-0.25, -0.2) is 9.97 Å². The quantitative estimate of drug-likeness (QED) is 0.771. The van der Waals surface area contributed by atoms with Crippen molar-refractivity contribution in [3.63, 3.8) is 0 Å². The van der Waals surface area contributed by atoms with Gasteiger partial charge in [-0.05, 0) is 18.9 Å². The summed E-state index contributed by atoms with van der Waals surface area (Å²) >= 11 is 10.2. The van der Waals surface area contributed by atoms with Crippen LogP contribution in [0.25, 0.3) is 0 Å². The van der Waals surface area contributed by atoms with Gasteiger partial charge in [0.25, 0.3) is 0 Å². The Hall–Kier alpha value is 0.0700. The molecule has 1 fully saturated rings. The zero-order chi connectivity index (χ0) is 13.0. The second-order valence-corrected chi connectivity index (χ2v) is 7.38. The number of nitrogens with zero attached hydrogens (tertiary/aromatic N) is 2. The van der Waals surface area contributed by atoms with Crippen LogP contribution in [0, 0.1) is 0 Å². The van der Waals surface area contributed by atoms with Crippen molar-refractivity contribution >= 4 is 35.1 Å². The molecule has 0 bridgehead atoms. The van der Waals surface area contributed by atoms with E-state index in [1.807, 2.05) is 29.6 Å². The van der Waals surface area contributed by atoms with E-state index in [-0.39, 0.29) is 0 Å². The number of hydrogen-bond acceptors (Lipinski definition) is 4. The van der Waals surface area contributed by atoms with Gasteiger partial charge >= 0.3 is 0 Å². The van der Waals surface area contributed by atoms with E-state index in [2.05, 4.69) is 18.8 Å². The molecule has 2 rings (SSSR count). The Bertz CT molecular complexity index is 401. The molecule has 0 saturated carbocycles. The first-order chi connectivity index (χ1) is 8.74. The molecule has 0 aromatic carbocycles. The van der Waals surface area contributed by atoms with E-state index < -0.39 is 0 Å². The average Bonchev–Trinajstić information content (AvgIpc) is 2.38. The predicted molar refractivity (Wildman–Crippen MR) is 82.8 cm³/mol. The number of halogens is 1. The molecule has 100 valence electrons. The molecule has 18 heavy (non-hydrogen) atoms. The van der Waals surface area contributed by atoms with Crippen molar-refractivity contribution in [2.24, 2.45) is 0 Å². The summed E-state index contributed by atoms with van der Waals surface area (Å²) in [6.45, 7) is 4.41. The van der Waals surface area contributed by atoms with Crippen LogP contribution in [-0.2, 0) is 6.42 Å². The van der Waals surface area contributed by atoms with Crippen molar-refractivity contribution in [3.8, 4) is 0 Å². The summed E-state index contributed by atoms with van der Waals surface area (Å²) in [5.74, 6) is 3.36. The Labute approximate surface area is 123 Å². The number of aromatic nitrogens is 2. The molecule has 2 atom stereocenters. The summed E-state index contributed by atoms with van der Waals surface area (Å²) in [6, 6.07) is 1.90. The highest BCUT2D eigenvalue weighted by molar-refractivity contribution is 8.06. The van der Waals surface area contributed by atoms with Gasteiger partial charge in [0, 0.05) is 22.4 Å². The summed E-state index contributed by atoms with van der Waals surface area (Å²) in [4.78, 5) is 9.17. The molecule has 1 aliphatic rings. The molecular weight excluding hydrogens is 284 g/mol. The third-order valence-electron chi connectivity index (χ3n) is 2.98. The van der Waals surface area contributed by atoms with E-state index in [4.69, 9.17) is 16.6 Å². The Balaban J connectivity index is 2.24. The molecule has 1 saturated heterocycles. The Morgan fingerprint density at radius 2 is 2.06 bits per heavy atom. The summed E-state index contributed by atoms with van der Waals surface area (Å²) in [7, 11) is 0. The van der Waals surface area contributed by atoms with Crippen LogP contribution in [0.2, 0.25) is 5.15 Å². The highest BCUT2D eigenvalue weighted by Crippen LogP contribution is 2.42. The standard InChI is InChI=1S/C13H19ClN2S2/c1-3-5-9-8-11(14)16-13(15-9)12-10(4-2)17-6-7-18-12/h8,10,12H,3-7H2,1-2H3. The van der Waals surface area contributed by atoms with Gasteiger partial charge in [-0.1, -0.05) is 31.9 Å². The van der Waals surface area contributed by atoms with Crippen molar-refractivity contribution in [2.45, 2.75) is 43.6 Å². The Morgan fingerprint density at radius 1 is 1.28 bits per heavy atom. The minimum Gasteiger partial charge on any atom is -0.237 e. The van der Waals surface area contributed by atoms with Crippen molar-refractivity contribution in [3.05, 3.63) is 22.7 Å². The molecule has 2 unspecified atom stereocenters. The van der Waals surface area contributed by atoms with Crippen LogP contribution in [0.15, 0.2) is 6.07 Å². The molecular formula is C13H19ClN2S2. The smallest absolute Gasteiger partial charge is 0.144 e. The Morgan fingerprint density at radius 3 is 2.78 bits per heavy atom. The molecule has 0 N–H and O–H groups in total. The summed E-state index contributed by atoms with van der Waals surface area (Å²) < 4.78 is 0. The first kappa shape index (κ1) is 14.5. The third kappa shape index (κ3) is 3.55. The molecule has 0 amide bonds. The molecule has 1 aromatic heterocycles. The lowest BCUT2D eigenvalue weighted by Crippen LogP contribution is -2.20. The topological polar surface area (TPSA) is 25.8 Å². The number of hydrogen-bond donors (Lipinski definition) is 0. The van der Waals surface area contributed by atoms with Gasteiger partial charge in [-0.2, -0.15) is 11.8 Å². The van der Waals surface area contributed by atoms with Gasteiger partial charge < -0.3 is 0 Å². The van der Waals surface area contributed by atoms with Gasteiger partial charge in [-0.3, -0.25) is 0 Å². The Kier molecular flexibility index (Phi) is 5.64. The van der Waals surface area contributed by atoms with Gasteiger partial charge in [0.15, 0.2) is 0 Å². The molecule has 2 nitrogen and oxygen atoms in total. The molecule has 0 aliphatic carbocycles. The second kappa shape index (κ2) is 7.01. The third-order valence-corrected chi connectivity index (χ3v) is 6.41. The molecule has 1 aliphatic heterocycles. The number of thioether (sulfide) groups is 2. The maximum atomic E-state index is 6.13. The largest absolute Gasteiger partial charge is 0.237 e. The molecule has 2 heterocycles. The average molecular weight is 303 g/mol. The zero-order valence-corrected chi connectivity index (χ0v) is 13.2. The number of rotatable bonds is 4. The fourth-order valence-corrected chi connectivity index (χ4v) is 5.34. The van der Waals surface area contributed by atoms with Crippen molar-refractivity contribution in [1.29, 1.82) is 0 Å². The zero-order valence-electron chi connectivity index (χ0n) is 10.9. The fourth-order valence-electron chi connectivity index (χ4n) is 2.14. The van der Waals surface area contributed by atoms with E-state index >= 15 is 0 Å². The van der Waals surface area contributed by atoms with Crippen LogP contribution >= 0.6 is 35.1 Å². The molecule has 1 aromatic rings. The number of aryl methyl sites for hydroxylation is 1. The second-order valence-electron chi connectivity index (χ2n) is 4.40. The maximum absolute atomic E-state index is 6.13. The minimum absolute atomic E-state index is 0.406.